The quantitative estimate of drug-likeness (QED) is 0.893. The van der Waals surface area contributed by atoms with E-state index >= 15 is 0 Å². The Labute approximate surface area is 130 Å². The Morgan fingerprint density at radius 3 is 2.86 bits per heavy atom. The standard InChI is InChI=1S/C14H20ClNO4S/c1-21(18,19)16-6-2-3-12(8-16)10-20-14-5-4-11(9-17)7-13(14)15/h4-5,7,12,17H,2-3,6,8-10H2,1H3. The van der Waals surface area contributed by atoms with Gasteiger partial charge in [-0.3, -0.25) is 0 Å². The van der Waals surface area contributed by atoms with Crippen LogP contribution >= 0.6 is 11.6 Å². The zero-order chi connectivity index (χ0) is 15.5. The maximum Gasteiger partial charge on any atom is 0.211 e. The molecule has 1 atom stereocenters. The molecule has 1 aromatic rings. The second-order valence-corrected chi connectivity index (χ2v) is 7.75. The third-order valence-electron chi connectivity index (χ3n) is 3.60. The molecule has 1 heterocycles. The zero-order valence-electron chi connectivity index (χ0n) is 12.0. The number of hydrogen-bond donors (Lipinski definition) is 1. The Bertz CT molecular complexity index is 591. The van der Waals surface area contributed by atoms with E-state index in [0.717, 1.165) is 18.4 Å². The summed E-state index contributed by atoms with van der Waals surface area (Å²) in [5.41, 5.74) is 0.730. The van der Waals surface area contributed by atoms with Crippen LogP contribution in [0.3, 0.4) is 0 Å². The molecule has 0 spiro atoms. The van der Waals surface area contributed by atoms with Crippen LogP contribution in [-0.2, 0) is 16.6 Å². The molecule has 0 aliphatic carbocycles. The third-order valence-corrected chi connectivity index (χ3v) is 5.17. The minimum absolute atomic E-state index is 0.0635. The minimum atomic E-state index is -3.13. The van der Waals surface area contributed by atoms with Gasteiger partial charge in [-0.05, 0) is 30.5 Å². The van der Waals surface area contributed by atoms with Crippen molar-refractivity contribution in [1.29, 1.82) is 0 Å². The number of aliphatic hydroxyl groups excluding tert-OH is 1. The molecule has 0 radical (unpaired) electrons. The van der Waals surface area contributed by atoms with E-state index in [-0.39, 0.29) is 12.5 Å². The number of halogens is 1. The van der Waals surface area contributed by atoms with Crippen LogP contribution in [0, 0.1) is 5.92 Å². The summed E-state index contributed by atoms with van der Waals surface area (Å²) in [4.78, 5) is 0. The maximum absolute atomic E-state index is 11.6. The molecule has 0 amide bonds. The first-order valence-electron chi connectivity index (χ1n) is 6.87. The van der Waals surface area contributed by atoms with Gasteiger partial charge in [-0.25, -0.2) is 12.7 Å². The largest absolute Gasteiger partial charge is 0.492 e. The van der Waals surface area contributed by atoms with E-state index in [9.17, 15) is 8.42 Å². The van der Waals surface area contributed by atoms with Crippen LogP contribution in [0.5, 0.6) is 5.75 Å². The Kier molecular flexibility index (Phi) is 5.48. The number of sulfonamides is 1. The molecule has 1 unspecified atom stereocenters. The van der Waals surface area contributed by atoms with E-state index in [4.69, 9.17) is 21.4 Å². The van der Waals surface area contributed by atoms with Gasteiger partial charge in [0, 0.05) is 19.0 Å². The Hall–Kier alpha value is -0.820. The lowest BCUT2D eigenvalue weighted by Gasteiger charge is -2.30. The highest BCUT2D eigenvalue weighted by Crippen LogP contribution is 2.27. The van der Waals surface area contributed by atoms with Crippen molar-refractivity contribution in [3.05, 3.63) is 28.8 Å². The molecule has 1 aromatic carbocycles. The molecule has 1 N–H and O–H groups in total. The maximum atomic E-state index is 11.6. The average Bonchev–Trinajstić information content (AvgIpc) is 2.45. The molecule has 1 saturated heterocycles. The molecule has 0 saturated carbocycles. The van der Waals surface area contributed by atoms with E-state index < -0.39 is 10.0 Å². The predicted octanol–water partition coefficient (Wildman–Crippen LogP) is 1.88. The lowest BCUT2D eigenvalue weighted by Crippen LogP contribution is -2.40. The van der Waals surface area contributed by atoms with Crippen molar-refractivity contribution in [3.8, 4) is 5.75 Å². The Morgan fingerprint density at radius 2 is 2.24 bits per heavy atom. The molecule has 21 heavy (non-hydrogen) atoms. The van der Waals surface area contributed by atoms with Gasteiger partial charge in [-0.1, -0.05) is 17.7 Å². The van der Waals surface area contributed by atoms with Crippen LogP contribution < -0.4 is 4.74 Å². The fourth-order valence-electron chi connectivity index (χ4n) is 2.43. The number of rotatable bonds is 5. The van der Waals surface area contributed by atoms with Gasteiger partial charge in [0.2, 0.25) is 10.0 Å². The van der Waals surface area contributed by atoms with Crippen LogP contribution in [-0.4, -0.2) is 43.8 Å². The molecule has 1 aliphatic heterocycles. The summed E-state index contributed by atoms with van der Waals surface area (Å²) in [6, 6.07) is 5.15. The van der Waals surface area contributed by atoms with E-state index in [1.807, 2.05) is 0 Å². The number of piperidine rings is 1. The normalized spacial score (nSPS) is 20.4. The SMILES string of the molecule is CS(=O)(=O)N1CCCC(COc2ccc(CO)cc2Cl)C1. The predicted molar refractivity (Wildman–Crippen MR) is 82.0 cm³/mol. The first-order chi connectivity index (χ1) is 9.90. The first kappa shape index (κ1) is 16.5. The average molecular weight is 334 g/mol. The van der Waals surface area contributed by atoms with Crippen LogP contribution in [0.2, 0.25) is 5.02 Å². The summed E-state index contributed by atoms with van der Waals surface area (Å²) in [5, 5.41) is 9.49. The molecule has 7 heteroatoms. The van der Waals surface area contributed by atoms with Crippen LogP contribution in [0.1, 0.15) is 18.4 Å². The summed E-state index contributed by atoms with van der Waals surface area (Å²) in [6.45, 7) is 1.45. The smallest absolute Gasteiger partial charge is 0.211 e. The lowest BCUT2D eigenvalue weighted by molar-refractivity contribution is 0.180. The molecule has 2 rings (SSSR count). The van der Waals surface area contributed by atoms with Crippen molar-refractivity contribution in [3.63, 3.8) is 0 Å². The van der Waals surface area contributed by atoms with Gasteiger partial charge < -0.3 is 9.84 Å². The Balaban J connectivity index is 1.94. The van der Waals surface area contributed by atoms with Gasteiger partial charge in [0.1, 0.15) is 5.75 Å². The van der Waals surface area contributed by atoms with E-state index in [1.165, 1.54) is 10.6 Å². The first-order valence-corrected chi connectivity index (χ1v) is 9.10. The van der Waals surface area contributed by atoms with Gasteiger partial charge in [0.15, 0.2) is 0 Å². The molecule has 118 valence electrons. The molecular weight excluding hydrogens is 314 g/mol. The fraction of sp³-hybridized carbons (Fsp3) is 0.571. The minimum Gasteiger partial charge on any atom is -0.492 e. The summed E-state index contributed by atoms with van der Waals surface area (Å²) >= 11 is 6.08. The van der Waals surface area contributed by atoms with Gasteiger partial charge in [0.25, 0.3) is 0 Å². The van der Waals surface area contributed by atoms with Crippen LogP contribution in [0.15, 0.2) is 18.2 Å². The van der Waals surface area contributed by atoms with Crippen molar-refractivity contribution in [2.45, 2.75) is 19.4 Å². The zero-order valence-corrected chi connectivity index (χ0v) is 13.5. The van der Waals surface area contributed by atoms with Crippen molar-refractivity contribution in [2.75, 3.05) is 26.0 Å². The Morgan fingerprint density at radius 1 is 1.48 bits per heavy atom. The number of ether oxygens (including phenoxy) is 1. The van der Waals surface area contributed by atoms with E-state index in [2.05, 4.69) is 0 Å². The van der Waals surface area contributed by atoms with Crippen LogP contribution in [0.4, 0.5) is 0 Å². The number of hydrogen-bond acceptors (Lipinski definition) is 4. The van der Waals surface area contributed by atoms with Crippen molar-refractivity contribution < 1.29 is 18.3 Å². The molecule has 1 fully saturated rings. The molecule has 0 aromatic heterocycles. The van der Waals surface area contributed by atoms with Crippen LogP contribution in [0.25, 0.3) is 0 Å². The highest BCUT2D eigenvalue weighted by molar-refractivity contribution is 7.88. The number of nitrogens with zero attached hydrogens (tertiary/aromatic N) is 1. The highest BCUT2D eigenvalue weighted by atomic mass is 35.5. The monoisotopic (exact) mass is 333 g/mol. The van der Waals surface area contributed by atoms with Gasteiger partial charge in [-0.15, -0.1) is 0 Å². The fourth-order valence-corrected chi connectivity index (χ4v) is 3.63. The van der Waals surface area contributed by atoms with Crippen molar-refractivity contribution in [1.82, 2.24) is 4.31 Å². The van der Waals surface area contributed by atoms with E-state index in [0.29, 0.717) is 30.5 Å². The summed E-state index contributed by atoms with van der Waals surface area (Å²) in [5.74, 6) is 0.729. The lowest BCUT2D eigenvalue weighted by atomic mass is 10.0. The summed E-state index contributed by atoms with van der Waals surface area (Å²) < 4.78 is 30.3. The van der Waals surface area contributed by atoms with Gasteiger partial charge in [-0.2, -0.15) is 0 Å². The summed E-state index contributed by atoms with van der Waals surface area (Å²) in [6.07, 6.45) is 3.03. The highest BCUT2D eigenvalue weighted by Gasteiger charge is 2.26. The van der Waals surface area contributed by atoms with Crippen molar-refractivity contribution >= 4 is 21.6 Å². The number of benzene rings is 1. The second-order valence-electron chi connectivity index (χ2n) is 5.36. The molecular formula is C14H20ClNO4S. The topological polar surface area (TPSA) is 66.8 Å². The second kappa shape index (κ2) is 6.96. The van der Waals surface area contributed by atoms with E-state index in [1.54, 1.807) is 18.2 Å². The van der Waals surface area contributed by atoms with Crippen molar-refractivity contribution in [2.24, 2.45) is 5.92 Å². The number of aliphatic hydroxyl groups is 1. The molecule has 5 nitrogen and oxygen atoms in total. The molecule has 0 bridgehead atoms. The van der Waals surface area contributed by atoms with Gasteiger partial charge in [0.05, 0.1) is 24.5 Å². The summed E-state index contributed by atoms with van der Waals surface area (Å²) in [7, 11) is -3.13. The van der Waals surface area contributed by atoms with Gasteiger partial charge >= 0.3 is 0 Å². The third kappa shape index (κ3) is 4.57. The molecule has 1 aliphatic rings.